The number of aromatic nitrogens is 3. The number of hydrogen-bond donors (Lipinski definition) is 3. The Labute approximate surface area is 176 Å². The van der Waals surface area contributed by atoms with Gasteiger partial charge in [-0.1, -0.05) is 0 Å². The first kappa shape index (κ1) is 19.5. The van der Waals surface area contributed by atoms with E-state index >= 15 is 0 Å². The minimum atomic E-state index is -0.297. The minimum absolute atomic E-state index is 0.145. The van der Waals surface area contributed by atoms with Gasteiger partial charge in [-0.2, -0.15) is 0 Å². The fourth-order valence-corrected chi connectivity index (χ4v) is 5.45. The maximum absolute atomic E-state index is 13.1. The predicted molar refractivity (Wildman–Crippen MR) is 114 cm³/mol. The Morgan fingerprint density at radius 2 is 2.07 bits per heavy atom. The third-order valence-corrected chi connectivity index (χ3v) is 6.90. The van der Waals surface area contributed by atoms with Gasteiger partial charge in [0, 0.05) is 62.6 Å². The third-order valence-electron chi connectivity index (χ3n) is 6.90. The quantitative estimate of drug-likeness (QED) is 0.675. The fourth-order valence-electron chi connectivity index (χ4n) is 5.45. The smallest absolute Gasteiger partial charge is 0.263 e. The van der Waals surface area contributed by atoms with E-state index in [1.165, 1.54) is 12.8 Å². The molecule has 0 spiro atoms. The number of H-pyrrole nitrogens is 1. The van der Waals surface area contributed by atoms with Crippen LogP contribution in [0.15, 0.2) is 29.3 Å². The van der Waals surface area contributed by atoms with Crippen molar-refractivity contribution in [3.05, 3.63) is 52.0 Å². The molecule has 0 unspecified atom stereocenters. The number of rotatable bonds is 5. The maximum Gasteiger partial charge on any atom is 0.263 e. The van der Waals surface area contributed by atoms with Crippen LogP contribution < -0.4 is 16.2 Å². The van der Waals surface area contributed by atoms with Crippen LogP contribution in [-0.4, -0.2) is 64.1 Å². The van der Waals surface area contributed by atoms with Gasteiger partial charge in [-0.25, -0.2) is 4.98 Å². The van der Waals surface area contributed by atoms with Gasteiger partial charge in [0.05, 0.1) is 0 Å². The molecule has 2 aromatic heterocycles. The molecular formula is C22H30N6O2. The SMILES string of the molecule is O=C(NCCc1ncc[nH]1)c1ccc2n(c1=O)C[C@H]1C[C@@H]2CN(C2CCNCC2)C1. The van der Waals surface area contributed by atoms with E-state index in [1.807, 2.05) is 10.6 Å². The number of hydrogen-bond acceptors (Lipinski definition) is 5. The summed E-state index contributed by atoms with van der Waals surface area (Å²) in [5.74, 6) is 1.40. The van der Waals surface area contributed by atoms with Gasteiger partial charge in [0.1, 0.15) is 11.4 Å². The van der Waals surface area contributed by atoms with Crippen LogP contribution in [0.4, 0.5) is 0 Å². The van der Waals surface area contributed by atoms with Crippen molar-refractivity contribution in [1.29, 1.82) is 0 Å². The van der Waals surface area contributed by atoms with Gasteiger partial charge < -0.3 is 20.2 Å². The summed E-state index contributed by atoms with van der Waals surface area (Å²) in [6, 6.07) is 4.39. The summed E-state index contributed by atoms with van der Waals surface area (Å²) in [7, 11) is 0. The number of likely N-dealkylation sites (tertiary alicyclic amines) is 1. The molecule has 1 amide bonds. The van der Waals surface area contributed by atoms with Crippen LogP contribution in [0.25, 0.3) is 0 Å². The van der Waals surface area contributed by atoms with E-state index in [2.05, 4.69) is 25.5 Å². The number of nitrogens with one attached hydrogen (secondary N) is 3. The molecule has 3 N–H and O–H groups in total. The summed E-state index contributed by atoms with van der Waals surface area (Å²) in [6.07, 6.45) is 7.64. The fraction of sp³-hybridized carbons (Fsp3) is 0.591. The van der Waals surface area contributed by atoms with Gasteiger partial charge in [-0.05, 0) is 50.4 Å². The zero-order valence-electron chi connectivity index (χ0n) is 17.3. The first-order valence-electron chi connectivity index (χ1n) is 11.1. The normalized spacial score (nSPS) is 24.4. The van der Waals surface area contributed by atoms with E-state index < -0.39 is 0 Å². The molecular weight excluding hydrogens is 380 g/mol. The Balaban J connectivity index is 1.29. The van der Waals surface area contributed by atoms with Crippen LogP contribution in [0.2, 0.25) is 0 Å². The Kier molecular flexibility index (Phi) is 5.43. The molecule has 5 heterocycles. The molecule has 2 saturated heterocycles. The molecule has 5 rings (SSSR count). The molecule has 0 saturated carbocycles. The maximum atomic E-state index is 13.1. The van der Waals surface area contributed by atoms with Gasteiger partial charge in [0.15, 0.2) is 0 Å². The van der Waals surface area contributed by atoms with Gasteiger partial charge in [-0.15, -0.1) is 0 Å². The van der Waals surface area contributed by atoms with E-state index in [0.29, 0.717) is 30.8 Å². The summed E-state index contributed by atoms with van der Waals surface area (Å²) < 4.78 is 1.88. The largest absolute Gasteiger partial charge is 0.351 e. The van der Waals surface area contributed by atoms with Crippen molar-refractivity contribution in [3.63, 3.8) is 0 Å². The van der Waals surface area contributed by atoms with E-state index in [9.17, 15) is 9.59 Å². The third kappa shape index (κ3) is 3.81. The first-order valence-corrected chi connectivity index (χ1v) is 11.1. The summed E-state index contributed by atoms with van der Waals surface area (Å²) >= 11 is 0. The highest BCUT2D eigenvalue weighted by molar-refractivity contribution is 5.93. The number of piperidine rings is 2. The molecule has 2 fully saturated rings. The molecule has 3 aliphatic heterocycles. The number of carbonyl (C=O) groups is 1. The number of nitrogens with zero attached hydrogens (tertiary/aromatic N) is 3. The highest BCUT2D eigenvalue weighted by Gasteiger charge is 2.37. The van der Waals surface area contributed by atoms with Crippen LogP contribution >= 0.6 is 0 Å². The Bertz CT molecular complexity index is 947. The molecule has 3 aliphatic rings. The number of aromatic amines is 1. The van der Waals surface area contributed by atoms with Crippen LogP contribution in [0.5, 0.6) is 0 Å². The van der Waals surface area contributed by atoms with Crippen molar-refractivity contribution in [2.75, 3.05) is 32.7 Å². The topological polar surface area (TPSA) is 95.0 Å². The van der Waals surface area contributed by atoms with Gasteiger partial charge in [0.2, 0.25) is 0 Å². The van der Waals surface area contributed by atoms with E-state index in [4.69, 9.17) is 0 Å². The van der Waals surface area contributed by atoms with Crippen LogP contribution in [0, 0.1) is 5.92 Å². The highest BCUT2D eigenvalue weighted by atomic mass is 16.2. The molecule has 160 valence electrons. The Morgan fingerprint density at radius 3 is 2.87 bits per heavy atom. The average molecular weight is 411 g/mol. The second kappa shape index (κ2) is 8.35. The molecule has 8 heteroatoms. The molecule has 2 aromatic rings. The molecule has 2 atom stereocenters. The highest BCUT2D eigenvalue weighted by Crippen LogP contribution is 2.36. The van der Waals surface area contributed by atoms with E-state index in [-0.39, 0.29) is 17.0 Å². The summed E-state index contributed by atoms with van der Waals surface area (Å²) in [5.41, 5.74) is 1.20. The zero-order valence-corrected chi connectivity index (χ0v) is 17.3. The van der Waals surface area contributed by atoms with Crippen molar-refractivity contribution in [2.24, 2.45) is 5.92 Å². The standard InChI is InChI=1S/C22H30N6O2/c29-21(26-8-5-20-24-9-10-25-20)18-1-2-19-16-11-15(13-28(19)22(18)30)12-27(14-16)17-3-6-23-7-4-17/h1-2,9-10,15-17,23H,3-8,11-14H2,(H,24,25)(H,26,29)/t15-,16+/m0/s1. The molecule has 0 aliphatic carbocycles. The number of fused-ring (bicyclic) bond motifs is 4. The van der Waals surface area contributed by atoms with E-state index in [0.717, 1.165) is 50.7 Å². The molecule has 8 nitrogen and oxygen atoms in total. The second-order valence-electron chi connectivity index (χ2n) is 8.86. The monoisotopic (exact) mass is 410 g/mol. The van der Waals surface area contributed by atoms with E-state index in [1.54, 1.807) is 18.5 Å². The lowest BCUT2D eigenvalue weighted by Crippen LogP contribution is -2.53. The van der Waals surface area contributed by atoms with Crippen LogP contribution in [-0.2, 0) is 13.0 Å². The van der Waals surface area contributed by atoms with Crippen molar-refractivity contribution >= 4 is 5.91 Å². The lowest BCUT2D eigenvalue weighted by Gasteiger charge is -2.46. The zero-order chi connectivity index (χ0) is 20.5. The summed E-state index contributed by atoms with van der Waals surface area (Å²) in [5, 5.41) is 6.31. The van der Waals surface area contributed by atoms with Gasteiger partial charge in [0.25, 0.3) is 11.5 Å². The molecule has 0 radical (unpaired) electrons. The average Bonchev–Trinajstić information content (AvgIpc) is 3.28. The van der Waals surface area contributed by atoms with Gasteiger partial charge >= 0.3 is 0 Å². The number of amides is 1. The van der Waals surface area contributed by atoms with Crippen LogP contribution in [0.1, 0.15) is 47.1 Å². The summed E-state index contributed by atoms with van der Waals surface area (Å²) in [4.78, 5) is 35.6. The minimum Gasteiger partial charge on any atom is -0.351 e. The van der Waals surface area contributed by atoms with Crippen molar-refractivity contribution in [1.82, 2.24) is 30.1 Å². The summed E-state index contributed by atoms with van der Waals surface area (Å²) in [6.45, 7) is 5.46. The lowest BCUT2D eigenvalue weighted by atomic mass is 9.81. The predicted octanol–water partition coefficient (Wildman–Crippen LogP) is 0.715. The number of pyridine rings is 1. The molecule has 30 heavy (non-hydrogen) atoms. The molecule has 2 bridgehead atoms. The first-order chi connectivity index (χ1) is 14.7. The molecule has 0 aromatic carbocycles. The van der Waals surface area contributed by atoms with Crippen LogP contribution in [0.3, 0.4) is 0 Å². The van der Waals surface area contributed by atoms with Crippen molar-refractivity contribution < 1.29 is 4.79 Å². The lowest BCUT2D eigenvalue weighted by molar-refractivity contribution is 0.0675. The van der Waals surface area contributed by atoms with Crippen molar-refractivity contribution in [3.8, 4) is 0 Å². The second-order valence-corrected chi connectivity index (χ2v) is 8.86. The van der Waals surface area contributed by atoms with Gasteiger partial charge in [-0.3, -0.25) is 14.5 Å². The number of imidazole rings is 1. The number of carbonyl (C=O) groups excluding carboxylic acids is 1. The Morgan fingerprint density at radius 1 is 1.20 bits per heavy atom. The Hall–Kier alpha value is -2.45. The van der Waals surface area contributed by atoms with Crippen molar-refractivity contribution in [2.45, 2.75) is 44.2 Å².